The van der Waals surface area contributed by atoms with E-state index in [1.165, 1.54) is 12.1 Å². The van der Waals surface area contributed by atoms with Crippen LogP contribution in [0.3, 0.4) is 0 Å². The number of nitro groups is 1. The summed E-state index contributed by atoms with van der Waals surface area (Å²) in [5.41, 5.74) is 5.57. The normalized spacial score (nSPS) is 12.0. The first kappa shape index (κ1) is 18.7. The van der Waals surface area contributed by atoms with Gasteiger partial charge in [0, 0.05) is 32.0 Å². The summed E-state index contributed by atoms with van der Waals surface area (Å²) in [5, 5.41) is 16.8. The van der Waals surface area contributed by atoms with Crippen molar-refractivity contribution in [2.45, 2.75) is 18.2 Å². The third-order valence-corrected chi connectivity index (χ3v) is 3.96. The minimum Gasteiger partial charge on any atom is -0.378 e. The summed E-state index contributed by atoms with van der Waals surface area (Å²) in [6.45, 7) is 3.40. The molecule has 10 heteroatoms. The summed E-state index contributed by atoms with van der Waals surface area (Å²) < 4.78 is 22.9. The zero-order valence-corrected chi connectivity index (χ0v) is 13.9. The van der Waals surface area contributed by atoms with E-state index in [-0.39, 0.29) is 16.3 Å². The van der Waals surface area contributed by atoms with E-state index in [2.05, 4.69) is 15.6 Å². The van der Waals surface area contributed by atoms with Gasteiger partial charge in [0.05, 0.1) is 9.82 Å². The largest absolute Gasteiger partial charge is 0.378 e. The van der Waals surface area contributed by atoms with Crippen molar-refractivity contribution in [3.8, 4) is 0 Å². The molecule has 0 radical (unpaired) electrons. The van der Waals surface area contributed by atoms with Gasteiger partial charge < -0.3 is 16.4 Å². The van der Waals surface area contributed by atoms with Gasteiger partial charge in [0.25, 0.3) is 5.69 Å². The van der Waals surface area contributed by atoms with Gasteiger partial charge in [-0.3, -0.25) is 15.1 Å². The van der Waals surface area contributed by atoms with E-state index < -0.39 is 14.8 Å². The SMILES string of the molecule is CCCN=C(N)NCCNc1ccc(S(C)(=O)=O)cc1[N+](=O)[O-]. The number of nitrogens with one attached hydrogen (secondary N) is 2. The highest BCUT2D eigenvalue weighted by molar-refractivity contribution is 7.90. The molecular formula is C13H21N5O4S. The Morgan fingerprint density at radius 3 is 2.65 bits per heavy atom. The van der Waals surface area contributed by atoms with Crippen LogP contribution in [0.15, 0.2) is 28.1 Å². The highest BCUT2D eigenvalue weighted by Gasteiger charge is 2.18. The van der Waals surface area contributed by atoms with E-state index in [1.807, 2.05) is 6.92 Å². The molecule has 0 aliphatic carbocycles. The first-order chi connectivity index (χ1) is 10.8. The lowest BCUT2D eigenvalue weighted by atomic mass is 10.2. The molecule has 0 saturated carbocycles. The van der Waals surface area contributed by atoms with E-state index in [0.29, 0.717) is 25.6 Å². The van der Waals surface area contributed by atoms with Gasteiger partial charge >= 0.3 is 0 Å². The fourth-order valence-electron chi connectivity index (χ4n) is 1.72. The average Bonchev–Trinajstić information content (AvgIpc) is 2.48. The van der Waals surface area contributed by atoms with Crippen molar-refractivity contribution < 1.29 is 13.3 Å². The lowest BCUT2D eigenvalue weighted by Gasteiger charge is -2.09. The van der Waals surface area contributed by atoms with Crippen molar-refractivity contribution in [1.29, 1.82) is 0 Å². The molecular weight excluding hydrogens is 322 g/mol. The molecule has 0 amide bonds. The lowest BCUT2D eigenvalue weighted by Crippen LogP contribution is -2.35. The Morgan fingerprint density at radius 2 is 2.09 bits per heavy atom. The molecule has 0 heterocycles. The summed E-state index contributed by atoms with van der Waals surface area (Å²) in [4.78, 5) is 14.4. The van der Waals surface area contributed by atoms with Gasteiger partial charge in [0.15, 0.2) is 15.8 Å². The maximum atomic E-state index is 11.5. The molecule has 1 rings (SSSR count). The van der Waals surface area contributed by atoms with Gasteiger partial charge in [-0.15, -0.1) is 0 Å². The molecule has 0 aromatic heterocycles. The summed E-state index contributed by atoms with van der Waals surface area (Å²) in [7, 11) is -3.50. The number of nitrogens with two attached hydrogens (primary N) is 1. The number of hydrogen-bond acceptors (Lipinski definition) is 6. The van der Waals surface area contributed by atoms with E-state index in [1.54, 1.807) is 0 Å². The van der Waals surface area contributed by atoms with Crippen LogP contribution < -0.4 is 16.4 Å². The molecule has 23 heavy (non-hydrogen) atoms. The fourth-order valence-corrected chi connectivity index (χ4v) is 2.36. The van der Waals surface area contributed by atoms with Crippen LogP contribution in [0.25, 0.3) is 0 Å². The van der Waals surface area contributed by atoms with Gasteiger partial charge in [-0.1, -0.05) is 6.92 Å². The molecule has 9 nitrogen and oxygen atoms in total. The number of guanidine groups is 1. The number of hydrogen-bond donors (Lipinski definition) is 3. The van der Waals surface area contributed by atoms with Gasteiger partial charge in [-0.25, -0.2) is 8.42 Å². The molecule has 0 bridgehead atoms. The summed E-state index contributed by atoms with van der Waals surface area (Å²) in [6, 6.07) is 3.75. The molecule has 1 aromatic rings. The number of benzene rings is 1. The van der Waals surface area contributed by atoms with Crippen LogP contribution in [0.4, 0.5) is 11.4 Å². The molecule has 128 valence electrons. The Labute approximate surface area is 135 Å². The molecule has 0 aliphatic rings. The van der Waals surface area contributed by atoms with Crippen molar-refractivity contribution in [2.24, 2.45) is 10.7 Å². The van der Waals surface area contributed by atoms with Gasteiger partial charge in [-0.2, -0.15) is 0 Å². The second kappa shape index (κ2) is 8.32. The first-order valence-corrected chi connectivity index (χ1v) is 8.91. The number of nitro benzene ring substituents is 1. The van der Waals surface area contributed by atoms with Crippen molar-refractivity contribution >= 4 is 27.2 Å². The number of nitrogens with zero attached hydrogens (tertiary/aromatic N) is 2. The smallest absolute Gasteiger partial charge is 0.293 e. The van der Waals surface area contributed by atoms with Crippen LogP contribution in [0, 0.1) is 10.1 Å². The quantitative estimate of drug-likeness (QED) is 0.208. The third-order valence-electron chi connectivity index (χ3n) is 2.85. The molecule has 0 unspecified atom stereocenters. The zero-order chi connectivity index (χ0) is 17.5. The van der Waals surface area contributed by atoms with Crippen molar-refractivity contribution in [3.05, 3.63) is 28.3 Å². The predicted molar refractivity (Wildman–Crippen MR) is 89.5 cm³/mol. The Morgan fingerprint density at radius 1 is 1.39 bits per heavy atom. The number of aliphatic imine (C=N–C) groups is 1. The zero-order valence-electron chi connectivity index (χ0n) is 13.1. The van der Waals surface area contributed by atoms with Gasteiger partial charge in [0.1, 0.15) is 5.69 Å². The predicted octanol–water partition coefficient (Wildman–Crippen LogP) is 0.724. The summed E-state index contributed by atoms with van der Waals surface area (Å²) in [6.07, 6.45) is 1.89. The first-order valence-electron chi connectivity index (χ1n) is 7.02. The standard InChI is InChI=1S/C13H21N5O4S/c1-3-6-16-13(14)17-8-7-15-11-5-4-10(23(2,21)22)9-12(11)18(19)20/h4-5,9,15H,3,6-8H2,1-2H3,(H3,14,16,17). The topological polar surface area (TPSA) is 140 Å². The average molecular weight is 343 g/mol. The monoisotopic (exact) mass is 343 g/mol. The molecule has 1 aromatic carbocycles. The van der Waals surface area contributed by atoms with Crippen LogP contribution in [0.1, 0.15) is 13.3 Å². The molecule has 0 spiro atoms. The number of rotatable bonds is 8. The second-order valence-electron chi connectivity index (χ2n) is 4.83. The van der Waals surface area contributed by atoms with Crippen LogP contribution >= 0.6 is 0 Å². The minimum absolute atomic E-state index is 0.0937. The van der Waals surface area contributed by atoms with Crippen molar-refractivity contribution in [3.63, 3.8) is 0 Å². The minimum atomic E-state index is -3.50. The molecule has 4 N–H and O–H groups in total. The Kier molecular flexibility index (Phi) is 6.76. The highest BCUT2D eigenvalue weighted by Crippen LogP contribution is 2.27. The van der Waals surface area contributed by atoms with E-state index in [0.717, 1.165) is 18.7 Å². The maximum Gasteiger partial charge on any atom is 0.293 e. The fraction of sp³-hybridized carbons (Fsp3) is 0.462. The van der Waals surface area contributed by atoms with Gasteiger partial charge in [0.2, 0.25) is 0 Å². The van der Waals surface area contributed by atoms with Crippen molar-refractivity contribution in [2.75, 3.05) is 31.2 Å². The second-order valence-corrected chi connectivity index (χ2v) is 6.84. The number of sulfone groups is 1. The lowest BCUT2D eigenvalue weighted by molar-refractivity contribution is -0.384. The molecule has 0 aliphatic heterocycles. The van der Waals surface area contributed by atoms with E-state index >= 15 is 0 Å². The summed E-state index contributed by atoms with van der Waals surface area (Å²) in [5.74, 6) is 0.315. The van der Waals surface area contributed by atoms with Crippen LogP contribution in [0.2, 0.25) is 0 Å². The van der Waals surface area contributed by atoms with Crippen LogP contribution in [0.5, 0.6) is 0 Å². The number of anilines is 1. The highest BCUT2D eigenvalue weighted by atomic mass is 32.2. The van der Waals surface area contributed by atoms with Crippen LogP contribution in [-0.4, -0.2) is 45.2 Å². The molecule has 0 saturated heterocycles. The Hall–Kier alpha value is -2.36. The summed E-state index contributed by atoms with van der Waals surface area (Å²) >= 11 is 0. The molecule has 0 fully saturated rings. The van der Waals surface area contributed by atoms with Gasteiger partial charge in [-0.05, 0) is 18.6 Å². The van der Waals surface area contributed by atoms with Crippen LogP contribution in [-0.2, 0) is 9.84 Å². The third kappa shape index (κ3) is 6.10. The van der Waals surface area contributed by atoms with E-state index in [9.17, 15) is 18.5 Å². The Bertz CT molecular complexity index is 688. The molecule has 0 atom stereocenters. The Balaban J connectivity index is 2.72. The van der Waals surface area contributed by atoms with E-state index in [4.69, 9.17) is 5.73 Å². The van der Waals surface area contributed by atoms with Crippen molar-refractivity contribution in [1.82, 2.24) is 5.32 Å². The maximum absolute atomic E-state index is 11.5.